The van der Waals surface area contributed by atoms with Gasteiger partial charge in [0, 0.05) is 0 Å². The Hall–Kier alpha value is -1.56. The molecule has 0 bridgehead atoms. The van der Waals surface area contributed by atoms with E-state index in [1.807, 2.05) is 0 Å². The van der Waals surface area contributed by atoms with Crippen LogP contribution in [0.5, 0.6) is 0 Å². The number of rotatable bonds is 2. The molecule has 0 radical (unpaired) electrons. The molecule has 0 nitrogen and oxygen atoms in total. The van der Waals surface area contributed by atoms with Crippen molar-refractivity contribution >= 4 is 0 Å². The van der Waals surface area contributed by atoms with E-state index in [-0.39, 0.29) is 0 Å². The first-order valence-corrected chi connectivity index (χ1v) is 7.02. The molecule has 0 unspecified atom stereocenters. The van der Waals surface area contributed by atoms with Gasteiger partial charge in [0.2, 0.25) is 0 Å². The van der Waals surface area contributed by atoms with Gasteiger partial charge in [-0.1, -0.05) is 24.3 Å². The van der Waals surface area contributed by atoms with E-state index in [4.69, 9.17) is 0 Å². The van der Waals surface area contributed by atoms with Gasteiger partial charge in [-0.3, -0.25) is 0 Å². The monoisotopic (exact) mass is 252 g/mol. The zero-order valence-electron chi connectivity index (χ0n) is 13.0. The van der Waals surface area contributed by atoms with Crippen molar-refractivity contribution in [1.82, 2.24) is 0 Å². The van der Waals surface area contributed by atoms with Gasteiger partial charge in [-0.05, 0) is 92.5 Å². The topological polar surface area (TPSA) is 0 Å². The summed E-state index contributed by atoms with van der Waals surface area (Å²) in [6.45, 7) is 13.2. The molecule has 0 heteroatoms. The predicted molar refractivity (Wildman–Crippen MR) is 84.1 cm³/mol. The summed E-state index contributed by atoms with van der Waals surface area (Å²) in [5.74, 6) is 0. The molecule has 0 fully saturated rings. The van der Waals surface area contributed by atoms with Crippen molar-refractivity contribution in [2.75, 3.05) is 0 Å². The second-order valence-corrected chi connectivity index (χ2v) is 5.89. The zero-order valence-corrected chi connectivity index (χ0v) is 13.0. The molecule has 0 saturated heterocycles. The minimum atomic E-state index is 1.03. The van der Waals surface area contributed by atoms with Gasteiger partial charge in [-0.15, -0.1) is 0 Å². The van der Waals surface area contributed by atoms with Crippen LogP contribution >= 0.6 is 0 Å². The van der Waals surface area contributed by atoms with Gasteiger partial charge in [0.15, 0.2) is 0 Å². The van der Waals surface area contributed by atoms with Crippen LogP contribution in [0.15, 0.2) is 24.3 Å². The maximum atomic E-state index is 2.33. The molecule has 100 valence electrons. The second kappa shape index (κ2) is 5.21. The average Bonchev–Trinajstić information content (AvgIpc) is 2.33. The summed E-state index contributed by atoms with van der Waals surface area (Å²) in [6.07, 6.45) is 1.03. The average molecular weight is 252 g/mol. The van der Waals surface area contributed by atoms with Crippen LogP contribution in [0, 0.1) is 41.5 Å². The van der Waals surface area contributed by atoms with Gasteiger partial charge in [0.1, 0.15) is 0 Å². The van der Waals surface area contributed by atoms with Crippen molar-refractivity contribution in [1.29, 1.82) is 0 Å². The Labute approximate surface area is 117 Å². The molecule has 0 aromatic heterocycles. The van der Waals surface area contributed by atoms with Crippen molar-refractivity contribution in [3.8, 4) is 0 Å². The Kier molecular flexibility index (Phi) is 3.80. The lowest BCUT2D eigenvalue weighted by atomic mass is 9.94. The van der Waals surface area contributed by atoms with Crippen molar-refractivity contribution in [3.05, 3.63) is 68.8 Å². The first kappa shape index (κ1) is 13.9. The fourth-order valence-corrected chi connectivity index (χ4v) is 2.69. The van der Waals surface area contributed by atoms with Gasteiger partial charge in [0.25, 0.3) is 0 Å². The summed E-state index contributed by atoms with van der Waals surface area (Å²) in [7, 11) is 0. The predicted octanol–water partition coefficient (Wildman–Crippen LogP) is 5.13. The van der Waals surface area contributed by atoms with Crippen LogP contribution in [0.1, 0.15) is 44.5 Å². The minimum Gasteiger partial charge on any atom is -0.0555 e. The molecule has 0 heterocycles. The summed E-state index contributed by atoms with van der Waals surface area (Å²) < 4.78 is 0. The fraction of sp³-hybridized carbons (Fsp3) is 0.368. The normalized spacial score (nSPS) is 10.8. The van der Waals surface area contributed by atoms with Gasteiger partial charge in [-0.25, -0.2) is 0 Å². The summed E-state index contributed by atoms with van der Waals surface area (Å²) in [5, 5.41) is 0. The lowest BCUT2D eigenvalue weighted by molar-refractivity contribution is 1.12. The SMILES string of the molecule is Cc1cc(Cc2cc(C)c(C)c(C)c2)cc(C)c1C. The van der Waals surface area contributed by atoms with Crippen LogP contribution < -0.4 is 0 Å². The molecule has 0 N–H and O–H groups in total. The van der Waals surface area contributed by atoms with Gasteiger partial charge < -0.3 is 0 Å². The van der Waals surface area contributed by atoms with E-state index in [9.17, 15) is 0 Å². The highest BCUT2D eigenvalue weighted by Gasteiger charge is 2.05. The molecule has 0 atom stereocenters. The van der Waals surface area contributed by atoms with Crippen LogP contribution in [0.25, 0.3) is 0 Å². The highest BCUT2D eigenvalue weighted by atomic mass is 14.1. The molecule has 2 aromatic rings. The van der Waals surface area contributed by atoms with Crippen LogP contribution in [-0.4, -0.2) is 0 Å². The molecule has 0 amide bonds. The zero-order chi connectivity index (χ0) is 14.2. The highest BCUT2D eigenvalue weighted by molar-refractivity contribution is 5.42. The summed E-state index contributed by atoms with van der Waals surface area (Å²) in [4.78, 5) is 0. The second-order valence-electron chi connectivity index (χ2n) is 5.89. The Morgan fingerprint density at radius 1 is 0.526 bits per heavy atom. The third-order valence-corrected chi connectivity index (χ3v) is 4.38. The van der Waals surface area contributed by atoms with E-state index >= 15 is 0 Å². The van der Waals surface area contributed by atoms with Crippen LogP contribution in [-0.2, 0) is 6.42 Å². The minimum absolute atomic E-state index is 1.03. The van der Waals surface area contributed by atoms with Gasteiger partial charge >= 0.3 is 0 Å². The smallest absolute Gasteiger partial charge is 0.00254 e. The largest absolute Gasteiger partial charge is 0.0555 e. The summed E-state index contributed by atoms with van der Waals surface area (Å²) in [5.41, 5.74) is 11.3. The molecule has 0 aliphatic heterocycles. The van der Waals surface area contributed by atoms with Crippen LogP contribution in [0.2, 0.25) is 0 Å². The van der Waals surface area contributed by atoms with Crippen molar-refractivity contribution in [3.63, 3.8) is 0 Å². The Morgan fingerprint density at radius 3 is 1.05 bits per heavy atom. The van der Waals surface area contributed by atoms with Gasteiger partial charge in [-0.2, -0.15) is 0 Å². The Balaban J connectivity index is 2.36. The summed E-state index contributed by atoms with van der Waals surface area (Å²) in [6, 6.07) is 9.30. The maximum absolute atomic E-state index is 2.33. The van der Waals surface area contributed by atoms with E-state index < -0.39 is 0 Å². The maximum Gasteiger partial charge on any atom is -0.00254 e. The molecule has 0 saturated carbocycles. The number of hydrogen-bond donors (Lipinski definition) is 0. The van der Waals surface area contributed by atoms with Crippen LogP contribution in [0.4, 0.5) is 0 Å². The van der Waals surface area contributed by atoms with E-state index in [0.717, 1.165) is 6.42 Å². The van der Waals surface area contributed by atoms with Gasteiger partial charge in [0.05, 0.1) is 0 Å². The first-order chi connectivity index (χ1) is 8.88. The van der Waals surface area contributed by atoms with Crippen molar-refractivity contribution < 1.29 is 0 Å². The molecule has 0 aliphatic rings. The quantitative estimate of drug-likeness (QED) is 0.695. The van der Waals surface area contributed by atoms with Crippen LogP contribution in [0.3, 0.4) is 0 Å². The molecule has 0 aliphatic carbocycles. The highest BCUT2D eigenvalue weighted by Crippen LogP contribution is 2.21. The Bertz CT molecular complexity index is 516. The lowest BCUT2D eigenvalue weighted by Gasteiger charge is -2.12. The van der Waals surface area contributed by atoms with Crippen molar-refractivity contribution in [2.24, 2.45) is 0 Å². The molecule has 2 rings (SSSR count). The molecule has 19 heavy (non-hydrogen) atoms. The number of hydrogen-bond acceptors (Lipinski definition) is 0. The number of benzene rings is 2. The third kappa shape index (κ3) is 2.89. The van der Waals surface area contributed by atoms with E-state index in [1.54, 1.807) is 0 Å². The lowest BCUT2D eigenvalue weighted by Crippen LogP contribution is -1.96. The van der Waals surface area contributed by atoms with E-state index in [0.29, 0.717) is 0 Å². The fourth-order valence-electron chi connectivity index (χ4n) is 2.69. The molecule has 2 aromatic carbocycles. The van der Waals surface area contributed by atoms with E-state index in [1.165, 1.54) is 44.5 Å². The number of aryl methyl sites for hydroxylation is 4. The van der Waals surface area contributed by atoms with E-state index in [2.05, 4.69) is 65.8 Å². The standard InChI is InChI=1S/C19H24/c1-12-7-18(8-13(2)16(12)5)11-19-9-14(3)17(6)15(4)10-19/h7-10H,11H2,1-6H3. The molecule has 0 spiro atoms. The van der Waals surface area contributed by atoms with Crippen molar-refractivity contribution in [2.45, 2.75) is 48.0 Å². The Morgan fingerprint density at radius 2 is 0.789 bits per heavy atom. The molecular formula is C19H24. The first-order valence-electron chi connectivity index (χ1n) is 7.02. The third-order valence-electron chi connectivity index (χ3n) is 4.38. The molecular weight excluding hydrogens is 228 g/mol. The summed E-state index contributed by atoms with van der Waals surface area (Å²) >= 11 is 0.